The van der Waals surface area contributed by atoms with E-state index >= 15 is 0 Å². The van der Waals surface area contributed by atoms with Gasteiger partial charge in [0.1, 0.15) is 5.82 Å². The van der Waals surface area contributed by atoms with Gasteiger partial charge in [-0.3, -0.25) is 9.89 Å². The number of halogens is 1. The molecule has 1 aromatic carbocycles. The second-order valence-electron chi connectivity index (χ2n) is 4.79. The molecule has 0 spiro atoms. The van der Waals surface area contributed by atoms with Crippen LogP contribution < -0.4 is 5.32 Å². The van der Waals surface area contributed by atoms with Gasteiger partial charge in [0.25, 0.3) is 0 Å². The van der Waals surface area contributed by atoms with Crippen molar-refractivity contribution < 1.29 is 9.18 Å². The third kappa shape index (κ3) is 3.44. The topological polar surface area (TPSA) is 57.8 Å². The molecule has 0 bridgehead atoms. The summed E-state index contributed by atoms with van der Waals surface area (Å²) in [5.74, 6) is -0.403. The first kappa shape index (κ1) is 14.2. The number of amides is 1. The summed E-state index contributed by atoms with van der Waals surface area (Å²) in [7, 11) is 0. The quantitative estimate of drug-likeness (QED) is 0.880. The van der Waals surface area contributed by atoms with E-state index in [1.165, 1.54) is 6.07 Å². The van der Waals surface area contributed by atoms with E-state index in [0.29, 0.717) is 18.4 Å². The first-order valence-electron chi connectivity index (χ1n) is 6.58. The Labute approximate surface area is 117 Å². The van der Waals surface area contributed by atoms with Crippen LogP contribution in [0, 0.1) is 19.7 Å². The van der Waals surface area contributed by atoms with Gasteiger partial charge in [0.15, 0.2) is 0 Å². The molecule has 1 amide bonds. The molecule has 5 heteroatoms. The zero-order chi connectivity index (χ0) is 14.5. The lowest BCUT2D eigenvalue weighted by Crippen LogP contribution is -2.23. The Morgan fingerprint density at radius 2 is 2.10 bits per heavy atom. The average Bonchev–Trinajstić information content (AvgIpc) is 2.76. The number of rotatable bonds is 5. The van der Waals surface area contributed by atoms with E-state index in [1.54, 1.807) is 18.2 Å². The van der Waals surface area contributed by atoms with Gasteiger partial charge in [0.2, 0.25) is 5.91 Å². The summed E-state index contributed by atoms with van der Waals surface area (Å²) in [5, 5.41) is 9.77. The predicted molar refractivity (Wildman–Crippen MR) is 74.6 cm³/mol. The van der Waals surface area contributed by atoms with E-state index in [1.807, 2.05) is 13.8 Å². The maximum atomic E-state index is 13.4. The highest BCUT2D eigenvalue weighted by molar-refractivity contribution is 5.76. The number of hydrogen-bond acceptors (Lipinski definition) is 2. The summed E-state index contributed by atoms with van der Waals surface area (Å²) in [4.78, 5) is 11.7. The lowest BCUT2D eigenvalue weighted by molar-refractivity contribution is -0.121. The first-order valence-corrected chi connectivity index (χ1v) is 6.58. The van der Waals surface area contributed by atoms with Gasteiger partial charge in [-0.05, 0) is 25.5 Å². The predicted octanol–water partition coefficient (Wildman–Crippen LogP) is 2.41. The Bertz CT molecular complexity index is 607. The molecule has 0 aliphatic carbocycles. The van der Waals surface area contributed by atoms with Crippen molar-refractivity contribution in [1.29, 1.82) is 0 Å². The molecular formula is C15H18FN3O. The second-order valence-corrected chi connectivity index (χ2v) is 4.79. The van der Waals surface area contributed by atoms with Crippen LogP contribution in [0.3, 0.4) is 0 Å². The van der Waals surface area contributed by atoms with E-state index in [4.69, 9.17) is 0 Å². The third-order valence-corrected chi connectivity index (χ3v) is 3.38. The molecular weight excluding hydrogens is 257 g/mol. The Kier molecular flexibility index (Phi) is 4.50. The van der Waals surface area contributed by atoms with Crippen LogP contribution in [0.25, 0.3) is 0 Å². The van der Waals surface area contributed by atoms with Gasteiger partial charge in [-0.2, -0.15) is 5.10 Å². The number of aromatic amines is 1. The largest absolute Gasteiger partial charge is 0.352 e. The number of aromatic nitrogens is 2. The molecule has 4 nitrogen and oxygen atoms in total. The zero-order valence-electron chi connectivity index (χ0n) is 11.7. The van der Waals surface area contributed by atoms with Crippen molar-refractivity contribution in [2.45, 2.75) is 33.2 Å². The highest BCUT2D eigenvalue weighted by Crippen LogP contribution is 2.10. The minimum atomic E-state index is -0.299. The molecule has 0 unspecified atom stereocenters. The molecule has 1 heterocycles. The van der Waals surface area contributed by atoms with Gasteiger partial charge in [0.05, 0.1) is 5.69 Å². The highest BCUT2D eigenvalue weighted by Gasteiger charge is 2.09. The Balaban J connectivity index is 1.82. The van der Waals surface area contributed by atoms with E-state index in [9.17, 15) is 9.18 Å². The highest BCUT2D eigenvalue weighted by atomic mass is 19.1. The molecule has 106 valence electrons. The Morgan fingerprint density at radius 1 is 1.35 bits per heavy atom. The van der Waals surface area contributed by atoms with Crippen molar-refractivity contribution in [3.8, 4) is 0 Å². The molecule has 2 aromatic rings. The van der Waals surface area contributed by atoms with Gasteiger partial charge in [0, 0.05) is 30.6 Å². The van der Waals surface area contributed by atoms with Gasteiger partial charge in [-0.15, -0.1) is 0 Å². The van der Waals surface area contributed by atoms with Crippen molar-refractivity contribution >= 4 is 5.91 Å². The Hall–Kier alpha value is -2.17. The molecule has 20 heavy (non-hydrogen) atoms. The average molecular weight is 275 g/mol. The van der Waals surface area contributed by atoms with Crippen molar-refractivity contribution in [2.24, 2.45) is 0 Å². The fourth-order valence-electron chi connectivity index (χ4n) is 1.93. The molecule has 0 aliphatic rings. The van der Waals surface area contributed by atoms with Crippen LogP contribution in [0.5, 0.6) is 0 Å². The summed E-state index contributed by atoms with van der Waals surface area (Å²) in [6.07, 6.45) is 0.929. The Morgan fingerprint density at radius 3 is 2.75 bits per heavy atom. The second kappa shape index (κ2) is 6.32. The van der Waals surface area contributed by atoms with Crippen LogP contribution in [0.4, 0.5) is 4.39 Å². The van der Waals surface area contributed by atoms with Crippen LogP contribution in [-0.2, 0) is 17.8 Å². The number of carbonyl (C=O) groups excluding carboxylic acids is 1. The number of hydrogen-bond donors (Lipinski definition) is 2. The fraction of sp³-hybridized carbons (Fsp3) is 0.333. The third-order valence-electron chi connectivity index (χ3n) is 3.38. The van der Waals surface area contributed by atoms with Crippen LogP contribution in [0.15, 0.2) is 24.3 Å². The minimum absolute atomic E-state index is 0.103. The molecule has 2 rings (SSSR count). The number of nitrogens with zero attached hydrogens (tertiary/aromatic N) is 1. The molecule has 2 N–H and O–H groups in total. The molecule has 0 fully saturated rings. The molecule has 1 aromatic heterocycles. The van der Waals surface area contributed by atoms with Crippen LogP contribution >= 0.6 is 0 Å². The van der Waals surface area contributed by atoms with Gasteiger partial charge < -0.3 is 5.32 Å². The van der Waals surface area contributed by atoms with Crippen molar-refractivity contribution in [3.05, 3.63) is 52.6 Å². The monoisotopic (exact) mass is 275 g/mol. The molecule has 0 radical (unpaired) electrons. The van der Waals surface area contributed by atoms with Gasteiger partial charge >= 0.3 is 0 Å². The summed E-state index contributed by atoms with van der Waals surface area (Å²) in [6.45, 7) is 4.14. The van der Waals surface area contributed by atoms with E-state index in [0.717, 1.165) is 17.0 Å². The van der Waals surface area contributed by atoms with Crippen molar-refractivity contribution in [2.75, 3.05) is 0 Å². The molecule has 0 aliphatic heterocycles. The maximum absolute atomic E-state index is 13.4. The van der Waals surface area contributed by atoms with Crippen molar-refractivity contribution in [3.63, 3.8) is 0 Å². The van der Waals surface area contributed by atoms with E-state index in [2.05, 4.69) is 15.5 Å². The smallest absolute Gasteiger partial charge is 0.220 e. The number of benzene rings is 1. The molecule has 0 saturated heterocycles. The SMILES string of the molecule is Cc1[nH]nc(CCC(=O)NCc2ccccc2F)c1C. The van der Waals surface area contributed by atoms with Crippen LogP contribution in [0.1, 0.15) is 28.9 Å². The van der Waals surface area contributed by atoms with Crippen molar-refractivity contribution in [1.82, 2.24) is 15.5 Å². The van der Waals surface area contributed by atoms with Crippen LogP contribution in [-0.4, -0.2) is 16.1 Å². The lowest BCUT2D eigenvalue weighted by Gasteiger charge is -2.06. The lowest BCUT2D eigenvalue weighted by atomic mass is 10.1. The summed E-state index contributed by atoms with van der Waals surface area (Å²) in [5.41, 5.74) is 3.51. The summed E-state index contributed by atoms with van der Waals surface area (Å²) in [6, 6.07) is 6.43. The fourth-order valence-corrected chi connectivity index (χ4v) is 1.93. The number of nitrogens with one attached hydrogen (secondary N) is 2. The zero-order valence-corrected chi connectivity index (χ0v) is 11.7. The molecule has 0 atom stereocenters. The van der Waals surface area contributed by atoms with E-state index < -0.39 is 0 Å². The maximum Gasteiger partial charge on any atom is 0.220 e. The van der Waals surface area contributed by atoms with E-state index in [-0.39, 0.29) is 18.3 Å². The minimum Gasteiger partial charge on any atom is -0.352 e. The summed E-state index contributed by atoms with van der Waals surface area (Å²) >= 11 is 0. The number of H-pyrrole nitrogens is 1. The first-order chi connectivity index (χ1) is 9.58. The van der Waals surface area contributed by atoms with Gasteiger partial charge in [-0.1, -0.05) is 18.2 Å². The normalized spacial score (nSPS) is 10.6. The van der Waals surface area contributed by atoms with Gasteiger partial charge in [-0.25, -0.2) is 4.39 Å². The standard InChI is InChI=1S/C15H18FN3O/c1-10-11(2)18-19-14(10)7-8-15(20)17-9-12-5-3-4-6-13(12)16/h3-6H,7-9H2,1-2H3,(H,17,20)(H,18,19). The number of aryl methyl sites for hydroxylation is 2. The molecule has 0 saturated carbocycles. The summed E-state index contributed by atoms with van der Waals surface area (Å²) < 4.78 is 13.4. The van der Waals surface area contributed by atoms with Crippen LogP contribution in [0.2, 0.25) is 0 Å². The number of carbonyl (C=O) groups is 1.